The number of carbonyl (C=O) groups is 1. The van der Waals surface area contributed by atoms with Crippen molar-refractivity contribution in [1.82, 2.24) is 14.9 Å². The summed E-state index contributed by atoms with van der Waals surface area (Å²) in [5.41, 5.74) is 4.85. The van der Waals surface area contributed by atoms with Crippen molar-refractivity contribution in [1.29, 1.82) is 0 Å². The number of ether oxygens (including phenoxy) is 1. The van der Waals surface area contributed by atoms with Gasteiger partial charge in [-0.2, -0.15) is 0 Å². The molecule has 0 spiro atoms. The predicted molar refractivity (Wildman–Crippen MR) is 108 cm³/mol. The maximum Gasteiger partial charge on any atom is 0.407 e. The zero-order valence-corrected chi connectivity index (χ0v) is 15.7. The van der Waals surface area contributed by atoms with Crippen molar-refractivity contribution in [3.05, 3.63) is 77.9 Å². The molecule has 5 heteroatoms. The van der Waals surface area contributed by atoms with Crippen molar-refractivity contribution >= 4 is 6.09 Å². The van der Waals surface area contributed by atoms with Crippen molar-refractivity contribution in [2.75, 3.05) is 13.2 Å². The Bertz CT molecular complexity index is 1010. The second kappa shape index (κ2) is 8.01. The molecule has 2 aromatic carbocycles. The number of imidazole rings is 1. The first kappa shape index (κ1) is 17.9. The molecule has 1 N–H and O–H groups in total. The minimum Gasteiger partial charge on any atom is -0.449 e. The molecule has 140 valence electrons. The zero-order valence-electron chi connectivity index (χ0n) is 15.7. The van der Waals surface area contributed by atoms with Crippen LogP contribution in [0, 0.1) is 11.8 Å². The fraction of sp³-hybridized carbons (Fsp3) is 0.217. The number of alkyl carbamates (subject to hydrolysis) is 1. The quantitative estimate of drug-likeness (QED) is 0.562. The highest BCUT2D eigenvalue weighted by molar-refractivity contribution is 5.79. The van der Waals surface area contributed by atoms with E-state index in [0.29, 0.717) is 25.4 Å². The maximum absolute atomic E-state index is 12.1. The van der Waals surface area contributed by atoms with E-state index >= 15 is 0 Å². The van der Waals surface area contributed by atoms with Gasteiger partial charge in [-0.3, -0.25) is 0 Å². The van der Waals surface area contributed by atoms with E-state index in [1.165, 1.54) is 22.3 Å². The standard InChI is InChI=1S/C23H21N3O2/c1-26-15-14-24-22(26)12-6-7-13-25-23(27)28-16-21-19-10-4-2-8-17(19)18-9-3-5-11-20(18)21/h2-5,8-11,14-15,21H,7,13,16H2,1H3,(H,25,27). The first-order valence-corrected chi connectivity index (χ1v) is 9.29. The lowest BCUT2D eigenvalue weighted by Crippen LogP contribution is -2.26. The van der Waals surface area contributed by atoms with E-state index in [1.54, 1.807) is 6.20 Å². The predicted octanol–water partition coefficient (Wildman–Crippen LogP) is 3.70. The number of fused-ring (bicyclic) bond motifs is 3. The highest BCUT2D eigenvalue weighted by Gasteiger charge is 2.28. The SMILES string of the molecule is Cn1ccnc1C#CCCNC(=O)OCC1c2ccccc2-c2ccccc21. The molecule has 1 aromatic heterocycles. The van der Waals surface area contributed by atoms with E-state index in [-0.39, 0.29) is 5.92 Å². The topological polar surface area (TPSA) is 56.2 Å². The van der Waals surface area contributed by atoms with Gasteiger partial charge in [0.15, 0.2) is 5.82 Å². The Morgan fingerprint density at radius 3 is 2.46 bits per heavy atom. The first-order valence-electron chi connectivity index (χ1n) is 9.29. The smallest absolute Gasteiger partial charge is 0.407 e. The molecule has 0 fully saturated rings. The summed E-state index contributed by atoms with van der Waals surface area (Å²) in [6.07, 6.45) is 3.68. The molecule has 28 heavy (non-hydrogen) atoms. The third-order valence-corrected chi connectivity index (χ3v) is 4.88. The fourth-order valence-electron chi connectivity index (χ4n) is 3.50. The van der Waals surface area contributed by atoms with E-state index in [2.05, 4.69) is 46.4 Å². The van der Waals surface area contributed by atoms with E-state index in [9.17, 15) is 4.79 Å². The van der Waals surface area contributed by atoms with E-state index in [0.717, 1.165) is 0 Å². The summed E-state index contributed by atoms with van der Waals surface area (Å²) in [4.78, 5) is 16.2. The van der Waals surface area contributed by atoms with E-state index in [1.807, 2.05) is 42.1 Å². The molecule has 0 saturated heterocycles. The molecule has 1 amide bonds. The Morgan fingerprint density at radius 2 is 1.82 bits per heavy atom. The van der Waals surface area contributed by atoms with Gasteiger partial charge in [0.2, 0.25) is 0 Å². The molecule has 4 rings (SSSR count). The Kier molecular flexibility index (Phi) is 5.11. The number of hydrogen-bond acceptors (Lipinski definition) is 3. The molecule has 1 heterocycles. The monoisotopic (exact) mass is 371 g/mol. The van der Waals surface area contributed by atoms with Gasteiger partial charge in [0, 0.05) is 38.3 Å². The third-order valence-electron chi connectivity index (χ3n) is 4.88. The Balaban J connectivity index is 1.31. The van der Waals surface area contributed by atoms with Crippen LogP contribution in [0.25, 0.3) is 11.1 Å². The largest absolute Gasteiger partial charge is 0.449 e. The normalized spacial score (nSPS) is 11.9. The van der Waals surface area contributed by atoms with Gasteiger partial charge in [-0.1, -0.05) is 54.5 Å². The Labute approximate surface area is 164 Å². The highest BCUT2D eigenvalue weighted by Crippen LogP contribution is 2.44. The van der Waals surface area contributed by atoms with Crippen molar-refractivity contribution in [2.24, 2.45) is 7.05 Å². The summed E-state index contributed by atoms with van der Waals surface area (Å²) in [5.74, 6) is 6.76. The second-order valence-electron chi connectivity index (χ2n) is 6.67. The molecule has 0 unspecified atom stereocenters. The fourth-order valence-corrected chi connectivity index (χ4v) is 3.50. The van der Waals surface area contributed by atoms with Crippen molar-refractivity contribution in [3.63, 3.8) is 0 Å². The van der Waals surface area contributed by atoms with Gasteiger partial charge < -0.3 is 14.6 Å². The lowest BCUT2D eigenvalue weighted by atomic mass is 9.98. The number of rotatable bonds is 4. The van der Waals surface area contributed by atoms with Crippen LogP contribution in [0.3, 0.4) is 0 Å². The molecule has 1 aliphatic carbocycles. The van der Waals surface area contributed by atoms with E-state index < -0.39 is 6.09 Å². The second-order valence-corrected chi connectivity index (χ2v) is 6.67. The van der Waals surface area contributed by atoms with Crippen LogP contribution < -0.4 is 5.32 Å². The summed E-state index contributed by atoms with van der Waals surface area (Å²) in [6, 6.07) is 16.6. The maximum atomic E-state index is 12.1. The number of carbonyl (C=O) groups excluding carboxylic acids is 1. The first-order chi connectivity index (χ1) is 13.7. The van der Waals surface area contributed by atoms with Gasteiger partial charge in [-0.15, -0.1) is 0 Å². The summed E-state index contributed by atoms with van der Waals surface area (Å²) < 4.78 is 7.35. The number of amides is 1. The van der Waals surface area contributed by atoms with Crippen LogP contribution in [0.4, 0.5) is 4.79 Å². The van der Waals surface area contributed by atoms with Gasteiger partial charge in [0.1, 0.15) is 6.61 Å². The number of nitrogens with zero attached hydrogens (tertiary/aromatic N) is 2. The molecule has 1 aliphatic rings. The summed E-state index contributed by atoms with van der Waals surface area (Å²) in [5, 5.41) is 2.76. The number of hydrogen-bond donors (Lipinski definition) is 1. The molecule has 0 radical (unpaired) electrons. The molecule has 0 aliphatic heterocycles. The summed E-state index contributed by atoms with van der Waals surface area (Å²) in [6.45, 7) is 0.757. The van der Waals surface area contributed by atoms with Gasteiger partial charge in [0.25, 0.3) is 0 Å². The summed E-state index contributed by atoms with van der Waals surface area (Å²) >= 11 is 0. The molecule has 0 bridgehead atoms. The molecule has 0 atom stereocenters. The molecule has 5 nitrogen and oxygen atoms in total. The molecule has 0 saturated carbocycles. The van der Waals surface area contributed by atoms with Crippen molar-refractivity contribution in [2.45, 2.75) is 12.3 Å². The number of aromatic nitrogens is 2. The third kappa shape index (κ3) is 3.63. The molecular formula is C23H21N3O2. The minimum absolute atomic E-state index is 0.0707. The van der Waals surface area contributed by atoms with Crippen LogP contribution in [0.2, 0.25) is 0 Å². The summed E-state index contributed by atoms with van der Waals surface area (Å²) in [7, 11) is 1.89. The Hall–Kier alpha value is -3.52. The van der Waals surface area contributed by atoms with Crippen LogP contribution >= 0.6 is 0 Å². The van der Waals surface area contributed by atoms with Gasteiger partial charge >= 0.3 is 6.09 Å². The van der Waals surface area contributed by atoms with Crippen LogP contribution in [0.1, 0.15) is 29.3 Å². The average molecular weight is 371 g/mol. The zero-order chi connectivity index (χ0) is 19.3. The van der Waals surface area contributed by atoms with Gasteiger partial charge in [0.05, 0.1) is 0 Å². The number of benzene rings is 2. The van der Waals surface area contributed by atoms with Crippen molar-refractivity contribution < 1.29 is 9.53 Å². The van der Waals surface area contributed by atoms with Crippen LogP contribution in [0.15, 0.2) is 60.9 Å². The lowest BCUT2D eigenvalue weighted by Gasteiger charge is -2.14. The Morgan fingerprint density at radius 1 is 1.14 bits per heavy atom. The van der Waals surface area contributed by atoms with Crippen LogP contribution in [0.5, 0.6) is 0 Å². The van der Waals surface area contributed by atoms with Gasteiger partial charge in [-0.05, 0) is 28.2 Å². The van der Waals surface area contributed by atoms with Crippen LogP contribution in [-0.4, -0.2) is 28.8 Å². The molecular weight excluding hydrogens is 350 g/mol. The molecule has 3 aromatic rings. The van der Waals surface area contributed by atoms with Crippen molar-refractivity contribution in [3.8, 4) is 23.0 Å². The lowest BCUT2D eigenvalue weighted by molar-refractivity contribution is 0.143. The number of nitrogens with one attached hydrogen (secondary N) is 1. The highest BCUT2D eigenvalue weighted by atomic mass is 16.5. The minimum atomic E-state index is -0.416. The van der Waals surface area contributed by atoms with Gasteiger partial charge in [-0.25, -0.2) is 9.78 Å². The number of aryl methyl sites for hydroxylation is 1. The van der Waals surface area contributed by atoms with Crippen LogP contribution in [-0.2, 0) is 11.8 Å². The van der Waals surface area contributed by atoms with E-state index in [4.69, 9.17) is 4.74 Å². The average Bonchev–Trinajstić information content (AvgIpc) is 3.27.